The van der Waals surface area contributed by atoms with Gasteiger partial charge in [0.1, 0.15) is 5.75 Å². The first-order valence-electron chi connectivity index (χ1n) is 10.3. The molecule has 0 N–H and O–H groups in total. The molecule has 1 saturated heterocycles. The normalized spacial score (nSPS) is 18.3. The molecule has 2 aliphatic heterocycles. The summed E-state index contributed by atoms with van der Waals surface area (Å²) in [7, 11) is 0. The van der Waals surface area contributed by atoms with Gasteiger partial charge in [-0.1, -0.05) is 30.3 Å². The molecule has 30 heavy (non-hydrogen) atoms. The van der Waals surface area contributed by atoms with Gasteiger partial charge in [0.25, 0.3) is 5.91 Å². The van der Waals surface area contributed by atoms with Crippen molar-refractivity contribution in [2.75, 3.05) is 31.1 Å². The summed E-state index contributed by atoms with van der Waals surface area (Å²) in [5.41, 5.74) is 3.56. The van der Waals surface area contributed by atoms with Gasteiger partial charge < -0.3 is 14.5 Å². The zero-order chi connectivity index (χ0) is 21.1. The summed E-state index contributed by atoms with van der Waals surface area (Å²) in [4.78, 5) is 22.1. The second kappa shape index (κ2) is 8.96. The van der Waals surface area contributed by atoms with Crippen LogP contribution in [0.3, 0.4) is 0 Å². The van der Waals surface area contributed by atoms with Crippen molar-refractivity contribution in [2.24, 2.45) is 4.99 Å². The SMILES string of the molecule is Cc1ccccc1N1CCN(C2=NC(=O)C(=Cc3ccc(OC(C)C)cc3)S2)CC1. The topological polar surface area (TPSA) is 45.1 Å². The number of amidine groups is 1. The number of para-hydroxylation sites is 1. The van der Waals surface area contributed by atoms with Crippen LogP contribution in [-0.2, 0) is 4.79 Å². The van der Waals surface area contributed by atoms with Crippen LogP contribution in [0.2, 0.25) is 0 Å². The van der Waals surface area contributed by atoms with Crippen molar-refractivity contribution in [1.29, 1.82) is 0 Å². The van der Waals surface area contributed by atoms with E-state index in [0.29, 0.717) is 4.91 Å². The van der Waals surface area contributed by atoms with Crippen LogP contribution in [0.15, 0.2) is 58.4 Å². The number of hydrogen-bond donors (Lipinski definition) is 0. The fourth-order valence-corrected chi connectivity index (χ4v) is 4.62. The maximum absolute atomic E-state index is 12.4. The highest BCUT2D eigenvalue weighted by Crippen LogP contribution is 2.31. The minimum atomic E-state index is -0.154. The Morgan fingerprint density at radius 2 is 1.67 bits per heavy atom. The number of amides is 1. The van der Waals surface area contributed by atoms with Crippen LogP contribution in [0.4, 0.5) is 5.69 Å². The zero-order valence-electron chi connectivity index (χ0n) is 17.7. The van der Waals surface area contributed by atoms with Gasteiger partial charge in [-0.25, -0.2) is 0 Å². The summed E-state index contributed by atoms with van der Waals surface area (Å²) in [6, 6.07) is 16.3. The van der Waals surface area contributed by atoms with Crippen LogP contribution in [0.1, 0.15) is 25.0 Å². The van der Waals surface area contributed by atoms with E-state index in [-0.39, 0.29) is 12.0 Å². The summed E-state index contributed by atoms with van der Waals surface area (Å²) in [5.74, 6) is 0.680. The molecule has 2 aromatic rings. The summed E-state index contributed by atoms with van der Waals surface area (Å²) in [5, 5.41) is 0.815. The van der Waals surface area contributed by atoms with Gasteiger partial charge in [0.05, 0.1) is 11.0 Å². The number of anilines is 1. The highest BCUT2D eigenvalue weighted by molar-refractivity contribution is 8.18. The Labute approximate surface area is 182 Å². The second-order valence-electron chi connectivity index (χ2n) is 7.81. The Bertz CT molecular complexity index is 974. The molecule has 0 atom stereocenters. The number of thioether (sulfide) groups is 1. The number of hydrogen-bond acceptors (Lipinski definition) is 5. The van der Waals surface area contributed by atoms with E-state index in [2.05, 4.69) is 46.0 Å². The number of carbonyl (C=O) groups is 1. The first-order valence-corrected chi connectivity index (χ1v) is 11.2. The molecule has 0 spiro atoms. The molecule has 6 heteroatoms. The highest BCUT2D eigenvalue weighted by Gasteiger charge is 2.28. The van der Waals surface area contributed by atoms with Crippen LogP contribution in [0.25, 0.3) is 6.08 Å². The number of carbonyl (C=O) groups excluding carboxylic acids is 1. The van der Waals surface area contributed by atoms with Crippen molar-refractivity contribution in [1.82, 2.24) is 4.90 Å². The third-order valence-electron chi connectivity index (χ3n) is 5.17. The molecule has 156 valence electrons. The van der Waals surface area contributed by atoms with Crippen LogP contribution < -0.4 is 9.64 Å². The third kappa shape index (κ3) is 4.70. The van der Waals surface area contributed by atoms with Crippen molar-refractivity contribution >= 4 is 34.6 Å². The van der Waals surface area contributed by atoms with Crippen molar-refractivity contribution in [2.45, 2.75) is 26.9 Å². The molecule has 2 aromatic carbocycles. The zero-order valence-corrected chi connectivity index (χ0v) is 18.5. The van der Waals surface area contributed by atoms with E-state index >= 15 is 0 Å². The predicted molar refractivity (Wildman–Crippen MR) is 125 cm³/mol. The van der Waals surface area contributed by atoms with Gasteiger partial charge in [0, 0.05) is 31.9 Å². The highest BCUT2D eigenvalue weighted by atomic mass is 32.2. The molecular weight excluding hydrogens is 394 g/mol. The summed E-state index contributed by atoms with van der Waals surface area (Å²) < 4.78 is 5.68. The third-order valence-corrected chi connectivity index (χ3v) is 6.21. The van der Waals surface area contributed by atoms with Crippen molar-refractivity contribution in [3.63, 3.8) is 0 Å². The molecule has 0 aliphatic carbocycles. The molecule has 5 nitrogen and oxygen atoms in total. The smallest absolute Gasteiger partial charge is 0.286 e. The molecule has 0 aromatic heterocycles. The largest absolute Gasteiger partial charge is 0.491 e. The monoisotopic (exact) mass is 421 g/mol. The fourth-order valence-electron chi connectivity index (χ4n) is 3.66. The van der Waals surface area contributed by atoms with Crippen molar-refractivity contribution < 1.29 is 9.53 Å². The van der Waals surface area contributed by atoms with E-state index in [1.807, 2.05) is 44.2 Å². The maximum atomic E-state index is 12.4. The number of nitrogens with zero attached hydrogens (tertiary/aromatic N) is 3. The van der Waals surface area contributed by atoms with E-state index < -0.39 is 0 Å². The average Bonchev–Trinajstić information content (AvgIpc) is 3.10. The standard InChI is InChI=1S/C24H27N3O2S/c1-17(2)29-20-10-8-19(9-11-20)16-22-23(28)25-24(30-22)27-14-12-26(13-15-27)21-7-5-4-6-18(21)3/h4-11,16-17H,12-15H2,1-3H3. The first kappa shape index (κ1) is 20.5. The molecule has 4 rings (SSSR count). The van der Waals surface area contributed by atoms with Crippen LogP contribution in [0.5, 0.6) is 5.75 Å². The maximum Gasteiger partial charge on any atom is 0.286 e. The second-order valence-corrected chi connectivity index (χ2v) is 8.82. The van der Waals surface area contributed by atoms with Gasteiger partial charge in [0.2, 0.25) is 0 Å². The summed E-state index contributed by atoms with van der Waals surface area (Å²) in [6.07, 6.45) is 2.05. The van der Waals surface area contributed by atoms with Crippen LogP contribution >= 0.6 is 11.8 Å². The number of benzene rings is 2. The fraction of sp³-hybridized carbons (Fsp3) is 0.333. The Balaban J connectivity index is 1.37. The van der Waals surface area contributed by atoms with E-state index in [1.54, 1.807) is 0 Å². The molecule has 1 fully saturated rings. The van der Waals surface area contributed by atoms with Gasteiger partial charge in [-0.05, 0) is 67.9 Å². The average molecular weight is 422 g/mol. The number of rotatable bonds is 4. The van der Waals surface area contributed by atoms with Gasteiger partial charge in [0.15, 0.2) is 5.17 Å². The number of aliphatic imine (C=N–C) groups is 1. The summed E-state index contributed by atoms with van der Waals surface area (Å²) in [6.45, 7) is 9.73. The van der Waals surface area contributed by atoms with E-state index in [0.717, 1.165) is 42.7 Å². The van der Waals surface area contributed by atoms with Crippen molar-refractivity contribution in [3.05, 3.63) is 64.6 Å². The Kier molecular flexibility index (Phi) is 6.13. The Morgan fingerprint density at radius 1 is 1.00 bits per heavy atom. The first-order chi connectivity index (χ1) is 14.5. The molecule has 2 heterocycles. The number of ether oxygens (including phenoxy) is 1. The minimum absolute atomic E-state index is 0.142. The molecule has 0 saturated carbocycles. The van der Waals surface area contributed by atoms with Gasteiger partial charge in [-0.3, -0.25) is 4.79 Å². The van der Waals surface area contributed by atoms with Gasteiger partial charge in [-0.15, -0.1) is 0 Å². The van der Waals surface area contributed by atoms with Crippen molar-refractivity contribution in [3.8, 4) is 5.75 Å². The molecule has 1 amide bonds. The minimum Gasteiger partial charge on any atom is -0.491 e. The quantitative estimate of drug-likeness (QED) is 0.677. The number of piperazine rings is 1. The molecular formula is C24H27N3O2S. The van der Waals surface area contributed by atoms with E-state index in [4.69, 9.17) is 4.74 Å². The molecule has 0 unspecified atom stereocenters. The van der Waals surface area contributed by atoms with E-state index in [1.165, 1.54) is 23.0 Å². The molecule has 2 aliphatic rings. The lowest BCUT2D eigenvalue weighted by molar-refractivity contribution is -0.113. The molecule has 0 radical (unpaired) electrons. The predicted octanol–water partition coefficient (Wildman–Crippen LogP) is 4.57. The van der Waals surface area contributed by atoms with Gasteiger partial charge in [-0.2, -0.15) is 4.99 Å². The lowest BCUT2D eigenvalue weighted by Crippen LogP contribution is -2.48. The lowest BCUT2D eigenvalue weighted by Gasteiger charge is -2.37. The number of aryl methyl sites for hydroxylation is 1. The Hall–Kier alpha value is -2.73. The van der Waals surface area contributed by atoms with Crippen LogP contribution in [-0.4, -0.2) is 48.3 Å². The lowest BCUT2D eigenvalue weighted by atomic mass is 10.1. The molecule has 0 bridgehead atoms. The van der Waals surface area contributed by atoms with E-state index in [9.17, 15) is 4.79 Å². The van der Waals surface area contributed by atoms with Crippen LogP contribution in [0, 0.1) is 6.92 Å². The summed E-state index contributed by atoms with van der Waals surface area (Å²) >= 11 is 1.47. The Morgan fingerprint density at radius 3 is 2.33 bits per heavy atom. The van der Waals surface area contributed by atoms with Gasteiger partial charge >= 0.3 is 0 Å².